The Morgan fingerprint density at radius 1 is 1.08 bits per heavy atom. The number of sulfonamides is 1. The second kappa shape index (κ2) is 12.5. The van der Waals surface area contributed by atoms with Crippen molar-refractivity contribution in [1.29, 1.82) is 0 Å². The summed E-state index contributed by atoms with van der Waals surface area (Å²) in [4.78, 5) is 12.1. The zero-order valence-electron chi connectivity index (χ0n) is 22.5. The van der Waals surface area contributed by atoms with E-state index in [0.717, 1.165) is 0 Å². The molecule has 2 heterocycles. The summed E-state index contributed by atoms with van der Waals surface area (Å²) in [7, 11) is 0.183. The van der Waals surface area contributed by atoms with E-state index in [-0.39, 0.29) is 11.8 Å². The van der Waals surface area contributed by atoms with E-state index in [1.165, 1.54) is 39.0 Å². The molecule has 2 aromatic heterocycles. The summed E-state index contributed by atoms with van der Waals surface area (Å²) in [5.74, 6) is 1.40. The van der Waals surface area contributed by atoms with Gasteiger partial charge >= 0.3 is 0 Å². The molecule has 0 aliphatic rings. The van der Waals surface area contributed by atoms with Crippen LogP contribution in [0.5, 0.6) is 17.4 Å². The van der Waals surface area contributed by atoms with Crippen molar-refractivity contribution in [1.82, 2.24) is 19.7 Å². The highest BCUT2D eigenvalue weighted by molar-refractivity contribution is 7.93. The number of nitrogens with one attached hydrogen (secondary N) is 1. The summed E-state index contributed by atoms with van der Waals surface area (Å²) < 4.78 is 47.1. The molecular weight excluding hydrogens is 526 g/mol. The zero-order chi connectivity index (χ0) is 28.7. The summed E-state index contributed by atoms with van der Waals surface area (Å²) in [5.41, 5.74) is 0.983. The molecule has 14 heteroatoms. The fourth-order valence-electron chi connectivity index (χ4n) is 3.51. The van der Waals surface area contributed by atoms with Crippen molar-refractivity contribution in [3.63, 3.8) is 0 Å². The van der Waals surface area contributed by atoms with Gasteiger partial charge in [-0.3, -0.25) is 9.29 Å². The summed E-state index contributed by atoms with van der Waals surface area (Å²) in [6.07, 6.45) is -0.0457. The molecule has 3 rings (SSSR count). The fraction of sp³-hybridized carbons (Fsp3) is 0.320. The minimum Gasteiger partial charge on any atom is -0.494 e. The predicted molar refractivity (Wildman–Crippen MR) is 149 cm³/mol. The first-order chi connectivity index (χ1) is 18.6. The molecule has 0 bridgehead atoms. The summed E-state index contributed by atoms with van der Waals surface area (Å²) >= 11 is 0. The number of aliphatic imine (C=N–C) groups is 2. The second-order valence-electron chi connectivity index (χ2n) is 8.26. The smallest absolute Gasteiger partial charge is 0.243 e. The van der Waals surface area contributed by atoms with Crippen LogP contribution in [-0.4, -0.2) is 78.5 Å². The molecule has 0 amide bonds. The number of hydrogen-bond donors (Lipinski definition) is 2. The first kappa shape index (κ1) is 29.3. The van der Waals surface area contributed by atoms with Crippen LogP contribution in [-0.2, 0) is 10.0 Å². The molecule has 39 heavy (non-hydrogen) atoms. The molecule has 0 radical (unpaired) electrons. The van der Waals surface area contributed by atoms with Crippen LogP contribution in [0.4, 0.5) is 5.95 Å². The van der Waals surface area contributed by atoms with Crippen LogP contribution >= 0.6 is 0 Å². The molecule has 0 aliphatic heterocycles. The van der Waals surface area contributed by atoms with Gasteiger partial charge in [0, 0.05) is 12.3 Å². The maximum absolute atomic E-state index is 13.4. The van der Waals surface area contributed by atoms with Crippen LogP contribution in [0, 0.1) is 0 Å². The average Bonchev–Trinajstić information content (AvgIpc) is 3.36. The summed E-state index contributed by atoms with van der Waals surface area (Å²) in [6, 6.07) is 10.1. The number of para-hydroxylation sites is 1. The number of aromatic nitrogens is 4. The number of ether oxygens (including phenoxy) is 3. The molecule has 3 aromatic rings. The molecule has 13 nitrogen and oxygen atoms in total. The van der Waals surface area contributed by atoms with Gasteiger partial charge in [-0.2, -0.15) is 0 Å². The van der Waals surface area contributed by atoms with Gasteiger partial charge in [0.2, 0.25) is 21.9 Å². The van der Waals surface area contributed by atoms with Crippen LogP contribution in [0.25, 0.3) is 17.2 Å². The van der Waals surface area contributed by atoms with Crippen molar-refractivity contribution < 1.29 is 27.7 Å². The standard InChI is InChI=1S/C25H31N7O6S/c1-15(14-27-17(3)26-4)23(33)16(2)39(34,35)31-25-30-29-24(18-10-8-13-21(28-18)38-7)32(25)22-19(36-5)11-9-12-20(22)37-6/h8-14,16,23,33H,4H2,1-3,5-7H3,(H,30,31)/b15-14+,27-17?/t16-,23+/m1/s1. The number of anilines is 1. The van der Waals surface area contributed by atoms with Gasteiger partial charge in [0.25, 0.3) is 0 Å². The minimum absolute atomic E-state index is 0.178. The van der Waals surface area contributed by atoms with E-state index >= 15 is 0 Å². The zero-order valence-corrected chi connectivity index (χ0v) is 23.3. The highest BCUT2D eigenvalue weighted by atomic mass is 32.2. The van der Waals surface area contributed by atoms with E-state index in [4.69, 9.17) is 14.2 Å². The third kappa shape index (κ3) is 6.41. The van der Waals surface area contributed by atoms with Crippen LogP contribution in [0.3, 0.4) is 0 Å². The van der Waals surface area contributed by atoms with Crippen LogP contribution in [0.1, 0.15) is 20.8 Å². The number of nitrogens with zero attached hydrogens (tertiary/aromatic N) is 6. The van der Waals surface area contributed by atoms with E-state index in [0.29, 0.717) is 40.2 Å². The molecule has 0 saturated heterocycles. The largest absolute Gasteiger partial charge is 0.494 e. The lowest BCUT2D eigenvalue weighted by Gasteiger charge is -2.21. The van der Waals surface area contributed by atoms with Crippen molar-refractivity contribution in [2.45, 2.75) is 32.1 Å². The quantitative estimate of drug-likeness (QED) is 0.267. The molecule has 2 atom stereocenters. The van der Waals surface area contributed by atoms with Crippen molar-refractivity contribution in [2.24, 2.45) is 9.98 Å². The van der Waals surface area contributed by atoms with Gasteiger partial charge in [0.05, 0.1) is 27.4 Å². The Morgan fingerprint density at radius 3 is 2.31 bits per heavy atom. The Labute approximate surface area is 227 Å². The third-order valence-electron chi connectivity index (χ3n) is 5.77. The number of aliphatic hydroxyl groups is 1. The maximum atomic E-state index is 13.4. The highest BCUT2D eigenvalue weighted by Gasteiger charge is 2.32. The number of aliphatic hydroxyl groups excluding tert-OH is 1. The molecule has 0 unspecified atom stereocenters. The topological polar surface area (TPSA) is 162 Å². The molecule has 0 aliphatic carbocycles. The summed E-state index contributed by atoms with van der Waals surface area (Å²) in [6.45, 7) is 7.92. The van der Waals surface area contributed by atoms with Crippen LogP contribution in [0.15, 0.2) is 58.2 Å². The Bertz CT molecular complexity index is 1480. The minimum atomic E-state index is -4.23. The van der Waals surface area contributed by atoms with E-state index < -0.39 is 21.4 Å². The normalized spacial score (nSPS) is 13.9. The second-order valence-corrected chi connectivity index (χ2v) is 10.3. The van der Waals surface area contributed by atoms with Crippen molar-refractivity contribution in [2.75, 3.05) is 26.1 Å². The molecule has 0 fully saturated rings. The third-order valence-corrected chi connectivity index (χ3v) is 7.47. The maximum Gasteiger partial charge on any atom is 0.243 e. The lowest BCUT2D eigenvalue weighted by atomic mass is 10.1. The van der Waals surface area contributed by atoms with Gasteiger partial charge in [-0.15, -0.1) is 10.2 Å². The number of rotatable bonds is 11. The molecule has 0 saturated carbocycles. The van der Waals surface area contributed by atoms with Gasteiger partial charge in [0.15, 0.2) is 5.82 Å². The predicted octanol–water partition coefficient (Wildman–Crippen LogP) is 2.87. The molecule has 1 aromatic carbocycles. The lowest BCUT2D eigenvalue weighted by Crippen LogP contribution is -2.36. The first-order valence-corrected chi connectivity index (χ1v) is 13.2. The van der Waals surface area contributed by atoms with Crippen molar-refractivity contribution in [3.05, 3.63) is 48.2 Å². The monoisotopic (exact) mass is 557 g/mol. The first-order valence-electron chi connectivity index (χ1n) is 11.6. The van der Waals surface area contributed by atoms with E-state index in [9.17, 15) is 13.5 Å². The van der Waals surface area contributed by atoms with Gasteiger partial charge in [0.1, 0.15) is 34.0 Å². The average molecular weight is 558 g/mol. The van der Waals surface area contributed by atoms with Crippen LogP contribution in [0.2, 0.25) is 0 Å². The molecular formula is C25H31N7O6S. The fourth-order valence-corrected chi connectivity index (χ4v) is 4.63. The van der Waals surface area contributed by atoms with Gasteiger partial charge < -0.3 is 19.3 Å². The highest BCUT2D eigenvalue weighted by Crippen LogP contribution is 2.37. The van der Waals surface area contributed by atoms with Gasteiger partial charge in [-0.1, -0.05) is 12.1 Å². The lowest BCUT2D eigenvalue weighted by molar-refractivity contribution is 0.208. The number of pyridine rings is 1. The van der Waals surface area contributed by atoms with E-state index in [1.54, 1.807) is 50.2 Å². The van der Waals surface area contributed by atoms with E-state index in [2.05, 4.69) is 36.6 Å². The van der Waals surface area contributed by atoms with Crippen LogP contribution < -0.4 is 18.9 Å². The number of methoxy groups -OCH3 is 3. The Balaban J connectivity index is 2.15. The summed E-state index contributed by atoms with van der Waals surface area (Å²) in [5, 5.41) is 17.8. The molecule has 2 N–H and O–H groups in total. The van der Waals surface area contributed by atoms with Gasteiger partial charge in [-0.05, 0) is 51.3 Å². The Morgan fingerprint density at radius 2 is 1.72 bits per heavy atom. The Kier molecular flexibility index (Phi) is 9.37. The number of benzene rings is 1. The SMILES string of the molecule is C=NC(C)=N/C=C(\C)[C@H](O)[C@@H](C)S(=O)(=O)Nc1nnc(-c2cccc(OC)n2)n1-c1c(OC)cccc1OC. The number of hydrogen-bond acceptors (Lipinski definition) is 10. The molecule has 0 spiro atoms. The van der Waals surface area contributed by atoms with E-state index in [1.807, 2.05) is 0 Å². The van der Waals surface area contributed by atoms with Crippen molar-refractivity contribution in [3.8, 4) is 34.6 Å². The van der Waals surface area contributed by atoms with Gasteiger partial charge in [-0.25, -0.2) is 23.4 Å². The molecule has 208 valence electrons. The number of amidine groups is 1. The Hall–Kier alpha value is -4.30. The van der Waals surface area contributed by atoms with Crippen molar-refractivity contribution >= 4 is 28.5 Å².